The van der Waals surface area contributed by atoms with Crippen LogP contribution in [0.3, 0.4) is 0 Å². The van der Waals surface area contributed by atoms with Crippen molar-refractivity contribution in [2.24, 2.45) is 5.92 Å². The lowest BCUT2D eigenvalue weighted by Gasteiger charge is -2.35. The van der Waals surface area contributed by atoms with E-state index in [0.29, 0.717) is 31.9 Å². The molecule has 2 aliphatic heterocycles. The first-order chi connectivity index (χ1) is 14.0. The standard InChI is InChI=1S/C21H26N4O4/c1-15-11-17(29-22-15)14-23-7-9-24(10-8-23)21(27)16-12-20(26)25(13-16)18-5-3-4-6-19(18)28-2/h3-6,11,16H,7-10,12-14H2,1-2H3. The number of carbonyl (C=O) groups is 2. The van der Waals surface area contributed by atoms with Crippen LogP contribution in [0, 0.1) is 12.8 Å². The largest absolute Gasteiger partial charge is 0.495 e. The fourth-order valence-electron chi connectivity index (χ4n) is 4.05. The lowest BCUT2D eigenvalue weighted by atomic mass is 10.1. The third-order valence-corrected chi connectivity index (χ3v) is 5.59. The number of aryl methyl sites for hydroxylation is 1. The number of amides is 2. The quantitative estimate of drug-likeness (QED) is 0.763. The molecule has 2 aromatic rings. The van der Waals surface area contributed by atoms with E-state index < -0.39 is 0 Å². The number of methoxy groups -OCH3 is 1. The van der Waals surface area contributed by atoms with E-state index >= 15 is 0 Å². The Hall–Kier alpha value is -2.87. The monoisotopic (exact) mass is 398 g/mol. The molecule has 2 fully saturated rings. The summed E-state index contributed by atoms with van der Waals surface area (Å²) in [5.74, 6) is 1.20. The Morgan fingerprint density at radius 2 is 2.00 bits per heavy atom. The normalized spacial score (nSPS) is 20.3. The summed E-state index contributed by atoms with van der Waals surface area (Å²) in [5, 5.41) is 3.92. The third kappa shape index (κ3) is 4.12. The molecule has 0 saturated carbocycles. The molecule has 2 aliphatic rings. The van der Waals surface area contributed by atoms with Gasteiger partial charge in [-0.05, 0) is 19.1 Å². The van der Waals surface area contributed by atoms with Crippen molar-refractivity contribution in [3.8, 4) is 5.75 Å². The van der Waals surface area contributed by atoms with Crippen LogP contribution in [0.5, 0.6) is 5.75 Å². The third-order valence-electron chi connectivity index (χ3n) is 5.59. The van der Waals surface area contributed by atoms with E-state index in [2.05, 4.69) is 10.1 Å². The smallest absolute Gasteiger partial charge is 0.228 e. The van der Waals surface area contributed by atoms with Crippen molar-refractivity contribution in [2.45, 2.75) is 19.9 Å². The summed E-state index contributed by atoms with van der Waals surface area (Å²) in [6, 6.07) is 9.36. The molecule has 0 aliphatic carbocycles. The number of ether oxygens (including phenoxy) is 1. The molecule has 2 amide bonds. The molecule has 8 heteroatoms. The maximum atomic E-state index is 13.0. The number of aromatic nitrogens is 1. The van der Waals surface area contributed by atoms with E-state index in [1.807, 2.05) is 42.2 Å². The highest BCUT2D eigenvalue weighted by molar-refractivity contribution is 6.01. The molecule has 1 atom stereocenters. The van der Waals surface area contributed by atoms with Crippen LogP contribution in [0.1, 0.15) is 17.9 Å². The van der Waals surface area contributed by atoms with E-state index in [-0.39, 0.29) is 24.2 Å². The van der Waals surface area contributed by atoms with Gasteiger partial charge in [0.2, 0.25) is 11.8 Å². The molecule has 29 heavy (non-hydrogen) atoms. The summed E-state index contributed by atoms with van der Waals surface area (Å²) in [5.41, 5.74) is 1.60. The van der Waals surface area contributed by atoms with Gasteiger partial charge in [0.05, 0.1) is 31.0 Å². The molecule has 1 aromatic carbocycles. The fraction of sp³-hybridized carbons (Fsp3) is 0.476. The molecule has 4 rings (SSSR count). The zero-order valence-electron chi connectivity index (χ0n) is 16.8. The first kappa shape index (κ1) is 19.4. The molecule has 3 heterocycles. The Morgan fingerprint density at radius 1 is 1.24 bits per heavy atom. The van der Waals surface area contributed by atoms with Crippen molar-refractivity contribution in [1.82, 2.24) is 15.0 Å². The minimum atomic E-state index is -0.309. The van der Waals surface area contributed by atoms with Gasteiger partial charge in [-0.15, -0.1) is 0 Å². The molecule has 0 spiro atoms. The number of piperazine rings is 1. The molecule has 1 unspecified atom stereocenters. The maximum Gasteiger partial charge on any atom is 0.228 e. The summed E-state index contributed by atoms with van der Waals surface area (Å²) in [6.45, 7) is 5.88. The minimum Gasteiger partial charge on any atom is -0.495 e. The van der Waals surface area contributed by atoms with Crippen molar-refractivity contribution in [3.05, 3.63) is 41.8 Å². The SMILES string of the molecule is COc1ccccc1N1CC(C(=O)N2CCN(Cc3cc(C)no3)CC2)CC1=O. The van der Waals surface area contributed by atoms with Crippen LogP contribution in [0.25, 0.3) is 0 Å². The van der Waals surface area contributed by atoms with Crippen molar-refractivity contribution in [3.63, 3.8) is 0 Å². The Morgan fingerprint density at radius 3 is 2.69 bits per heavy atom. The Bertz CT molecular complexity index is 888. The van der Waals surface area contributed by atoms with Gasteiger partial charge in [-0.2, -0.15) is 0 Å². The number of nitrogens with zero attached hydrogens (tertiary/aromatic N) is 4. The van der Waals surface area contributed by atoms with Gasteiger partial charge in [-0.3, -0.25) is 14.5 Å². The highest BCUT2D eigenvalue weighted by Gasteiger charge is 2.38. The van der Waals surface area contributed by atoms with Crippen molar-refractivity contribution >= 4 is 17.5 Å². The summed E-state index contributed by atoms with van der Waals surface area (Å²) in [7, 11) is 1.58. The summed E-state index contributed by atoms with van der Waals surface area (Å²) >= 11 is 0. The number of rotatable bonds is 5. The zero-order valence-corrected chi connectivity index (χ0v) is 16.8. The second-order valence-corrected chi connectivity index (χ2v) is 7.61. The lowest BCUT2D eigenvalue weighted by Crippen LogP contribution is -2.50. The molecule has 2 saturated heterocycles. The fourth-order valence-corrected chi connectivity index (χ4v) is 4.05. The van der Waals surface area contributed by atoms with Gasteiger partial charge < -0.3 is 19.1 Å². The van der Waals surface area contributed by atoms with Crippen LogP contribution in [0.2, 0.25) is 0 Å². The van der Waals surface area contributed by atoms with Crippen LogP contribution in [0.15, 0.2) is 34.9 Å². The first-order valence-corrected chi connectivity index (χ1v) is 9.92. The molecule has 0 N–H and O–H groups in total. The number of carbonyl (C=O) groups excluding carboxylic acids is 2. The Labute approximate surface area is 170 Å². The van der Waals surface area contributed by atoms with E-state index in [1.54, 1.807) is 12.0 Å². The second kappa shape index (κ2) is 8.24. The molecule has 0 bridgehead atoms. The van der Waals surface area contributed by atoms with Gasteiger partial charge in [-0.25, -0.2) is 0 Å². The topological polar surface area (TPSA) is 79.1 Å². The predicted octanol–water partition coefficient (Wildman–Crippen LogP) is 1.69. The van der Waals surface area contributed by atoms with Crippen LogP contribution in [-0.2, 0) is 16.1 Å². The van der Waals surface area contributed by atoms with Gasteiger partial charge in [0, 0.05) is 45.2 Å². The summed E-state index contributed by atoms with van der Waals surface area (Å²) < 4.78 is 10.7. The van der Waals surface area contributed by atoms with E-state index in [4.69, 9.17) is 9.26 Å². The number of benzene rings is 1. The van der Waals surface area contributed by atoms with Gasteiger partial charge in [0.25, 0.3) is 0 Å². The van der Waals surface area contributed by atoms with Crippen LogP contribution >= 0.6 is 0 Å². The van der Waals surface area contributed by atoms with Crippen molar-refractivity contribution in [1.29, 1.82) is 0 Å². The van der Waals surface area contributed by atoms with Gasteiger partial charge in [0.1, 0.15) is 5.75 Å². The average Bonchev–Trinajstić information content (AvgIpc) is 3.33. The van der Waals surface area contributed by atoms with Crippen LogP contribution in [0.4, 0.5) is 5.69 Å². The molecular formula is C21H26N4O4. The van der Waals surface area contributed by atoms with E-state index in [1.165, 1.54) is 0 Å². The molecule has 1 aromatic heterocycles. The Balaban J connectivity index is 1.34. The summed E-state index contributed by atoms with van der Waals surface area (Å²) in [6.07, 6.45) is 0.244. The average molecular weight is 398 g/mol. The second-order valence-electron chi connectivity index (χ2n) is 7.61. The van der Waals surface area contributed by atoms with Crippen LogP contribution < -0.4 is 9.64 Å². The van der Waals surface area contributed by atoms with E-state index in [9.17, 15) is 9.59 Å². The highest BCUT2D eigenvalue weighted by atomic mass is 16.5. The molecular weight excluding hydrogens is 372 g/mol. The maximum absolute atomic E-state index is 13.0. The number of anilines is 1. The number of hydrogen-bond donors (Lipinski definition) is 0. The van der Waals surface area contributed by atoms with Gasteiger partial charge in [-0.1, -0.05) is 17.3 Å². The lowest BCUT2D eigenvalue weighted by molar-refractivity contribution is -0.137. The minimum absolute atomic E-state index is 0.0350. The first-order valence-electron chi connectivity index (χ1n) is 9.92. The molecule has 8 nitrogen and oxygen atoms in total. The summed E-state index contributed by atoms with van der Waals surface area (Å²) in [4.78, 5) is 31.4. The van der Waals surface area contributed by atoms with Crippen molar-refractivity contribution in [2.75, 3.05) is 44.7 Å². The van der Waals surface area contributed by atoms with E-state index in [0.717, 1.165) is 30.2 Å². The van der Waals surface area contributed by atoms with Crippen molar-refractivity contribution < 1.29 is 18.8 Å². The zero-order chi connectivity index (χ0) is 20.4. The number of hydrogen-bond acceptors (Lipinski definition) is 6. The van der Waals surface area contributed by atoms with Gasteiger partial charge in [0.15, 0.2) is 5.76 Å². The molecule has 0 radical (unpaired) electrons. The molecule has 154 valence electrons. The highest BCUT2D eigenvalue weighted by Crippen LogP contribution is 2.33. The Kier molecular flexibility index (Phi) is 5.53. The number of para-hydroxylation sites is 2. The van der Waals surface area contributed by atoms with Crippen LogP contribution in [-0.4, -0.2) is 66.6 Å². The predicted molar refractivity (Wildman–Crippen MR) is 107 cm³/mol. The van der Waals surface area contributed by atoms with Gasteiger partial charge >= 0.3 is 0 Å².